The molecule has 0 aliphatic carbocycles. The molecule has 0 bridgehead atoms. The molecule has 0 unspecified atom stereocenters. The Kier molecular flexibility index (Phi) is 7.88. The fraction of sp³-hybridized carbons (Fsp3) is 0.208. The zero-order valence-corrected chi connectivity index (χ0v) is 21.5. The predicted molar refractivity (Wildman–Crippen MR) is 140 cm³/mol. The maximum absolute atomic E-state index is 12.5. The largest absolute Gasteiger partial charge is 0.485 e. The van der Waals surface area contributed by atoms with Gasteiger partial charge >= 0.3 is 0 Å². The molecule has 4 aromatic rings. The van der Waals surface area contributed by atoms with Gasteiger partial charge in [0.2, 0.25) is 5.91 Å². The second kappa shape index (κ2) is 10.9. The number of halogens is 3. The van der Waals surface area contributed by atoms with Gasteiger partial charge in [-0.2, -0.15) is 0 Å². The summed E-state index contributed by atoms with van der Waals surface area (Å²) in [6.45, 7) is 4.94. The number of aryl methyl sites for hydroxylation is 1. The Balaban J connectivity index is 1.41. The Labute approximate surface area is 216 Å². The van der Waals surface area contributed by atoms with Crippen LogP contribution in [0.3, 0.4) is 0 Å². The van der Waals surface area contributed by atoms with E-state index >= 15 is 0 Å². The number of carbonyl (C=O) groups is 1. The maximum atomic E-state index is 12.5. The summed E-state index contributed by atoms with van der Waals surface area (Å²) in [5, 5.41) is 15.1. The average Bonchev–Trinajstić information content (AvgIpc) is 3.21. The van der Waals surface area contributed by atoms with E-state index in [0.717, 1.165) is 16.7 Å². The minimum Gasteiger partial charge on any atom is -0.485 e. The molecule has 34 heavy (non-hydrogen) atoms. The first-order chi connectivity index (χ1) is 16.4. The van der Waals surface area contributed by atoms with Crippen molar-refractivity contribution in [2.75, 3.05) is 11.1 Å². The second-order valence-corrected chi connectivity index (χ2v) is 9.62. The number of hydrogen-bond acceptors (Lipinski definition) is 5. The van der Waals surface area contributed by atoms with Gasteiger partial charge in [0.05, 0.1) is 21.5 Å². The molecule has 0 aliphatic rings. The Hall–Kier alpha value is -2.45. The van der Waals surface area contributed by atoms with Crippen LogP contribution in [-0.2, 0) is 17.9 Å². The molecule has 3 aromatic carbocycles. The lowest BCUT2D eigenvalue weighted by atomic mass is 10.0. The van der Waals surface area contributed by atoms with Crippen molar-refractivity contribution in [3.05, 3.63) is 75.0 Å². The minimum atomic E-state index is -0.272. The van der Waals surface area contributed by atoms with Crippen LogP contribution in [0, 0.1) is 6.92 Å². The molecule has 0 atom stereocenters. The van der Waals surface area contributed by atoms with E-state index < -0.39 is 0 Å². The number of hydrogen-bond donors (Lipinski definition) is 1. The summed E-state index contributed by atoms with van der Waals surface area (Å²) in [6, 6.07) is 15.2. The Morgan fingerprint density at radius 2 is 1.82 bits per heavy atom. The maximum Gasteiger partial charge on any atom is 0.234 e. The first kappa shape index (κ1) is 24.7. The summed E-state index contributed by atoms with van der Waals surface area (Å²) < 4.78 is 8.00. The van der Waals surface area contributed by atoms with E-state index in [1.165, 1.54) is 29.3 Å². The normalized spacial score (nSPS) is 11.1. The van der Waals surface area contributed by atoms with E-state index in [9.17, 15) is 4.79 Å². The average molecular weight is 536 g/mol. The van der Waals surface area contributed by atoms with Crippen LogP contribution in [0.1, 0.15) is 18.3 Å². The van der Waals surface area contributed by atoms with Gasteiger partial charge in [0.25, 0.3) is 0 Å². The zero-order valence-electron chi connectivity index (χ0n) is 18.4. The first-order valence-corrected chi connectivity index (χ1v) is 12.6. The van der Waals surface area contributed by atoms with Crippen molar-refractivity contribution in [2.45, 2.75) is 32.2 Å². The van der Waals surface area contributed by atoms with Crippen molar-refractivity contribution >= 4 is 68.9 Å². The summed E-state index contributed by atoms with van der Waals surface area (Å²) >= 11 is 19.5. The van der Waals surface area contributed by atoms with Gasteiger partial charge in [0, 0.05) is 11.6 Å². The number of anilines is 1. The highest BCUT2D eigenvalue weighted by Crippen LogP contribution is 2.34. The first-order valence-electron chi connectivity index (χ1n) is 10.5. The van der Waals surface area contributed by atoms with Crippen LogP contribution >= 0.6 is 46.6 Å². The lowest BCUT2D eigenvalue weighted by molar-refractivity contribution is -0.113. The van der Waals surface area contributed by atoms with Crippen LogP contribution in [0.2, 0.25) is 15.1 Å². The number of ether oxygens (including phenoxy) is 1. The SMILES string of the molecule is CCn1c(COc2ccc3ccccc3c2C)nnc1SCC(=O)Nc1c(Cl)cc(Cl)cc1Cl. The van der Waals surface area contributed by atoms with Gasteiger partial charge in [-0.05, 0) is 48.4 Å². The summed E-state index contributed by atoms with van der Waals surface area (Å²) in [6.07, 6.45) is 0. The van der Waals surface area contributed by atoms with Crippen molar-refractivity contribution in [1.82, 2.24) is 14.8 Å². The fourth-order valence-corrected chi connectivity index (χ4v) is 5.26. The molecule has 4 rings (SSSR count). The highest BCUT2D eigenvalue weighted by molar-refractivity contribution is 7.99. The smallest absolute Gasteiger partial charge is 0.234 e. The van der Waals surface area contributed by atoms with E-state index in [-0.39, 0.29) is 28.3 Å². The van der Waals surface area contributed by atoms with Crippen molar-refractivity contribution in [2.24, 2.45) is 0 Å². The third kappa shape index (κ3) is 5.44. The van der Waals surface area contributed by atoms with Crippen LogP contribution < -0.4 is 10.1 Å². The summed E-state index contributed by atoms with van der Waals surface area (Å²) in [7, 11) is 0. The van der Waals surface area contributed by atoms with E-state index in [0.29, 0.717) is 28.2 Å². The second-order valence-electron chi connectivity index (χ2n) is 7.42. The third-order valence-electron chi connectivity index (χ3n) is 5.22. The van der Waals surface area contributed by atoms with Gasteiger partial charge in [-0.1, -0.05) is 76.9 Å². The molecule has 6 nitrogen and oxygen atoms in total. The lowest BCUT2D eigenvalue weighted by Crippen LogP contribution is -2.15. The zero-order chi connectivity index (χ0) is 24.2. The molecule has 1 amide bonds. The Morgan fingerprint density at radius 1 is 1.09 bits per heavy atom. The number of aromatic nitrogens is 3. The molecule has 0 aliphatic heterocycles. The van der Waals surface area contributed by atoms with E-state index in [2.05, 4.69) is 27.6 Å². The number of rotatable bonds is 8. The summed E-state index contributed by atoms with van der Waals surface area (Å²) in [5.74, 6) is 1.32. The molecule has 176 valence electrons. The van der Waals surface area contributed by atoms with Crippen LogP contribution in [0.25, 0.3) is 10.8 Å². The number of benzene rings is 3. The number of thioether (sulfide) groups is 1. The number of fused-ring (bicyclic) bond motifs is 1. The van der Waals surface area contributed by atoms with E-state index in [4.69, 9.17) is 39.5 Å². The van der Waals surface area contributed by atoms with Gasteiger partial charge in [0.1, 0.15) is 12.4 Å². The molecular formula is C24H21Cl3N4O2S. The molecule has 0 radical (unpaired) electrons. The molecule has 1 N–H and O–H groups in total. The minimum absolute atomic E-state index is 0.109. The molecule has 10 heteroatoms. The van der Waals surface area contributed by atoms with Gasteiger partial charge in [-0.15, -0.1) is 10.2 Å². The highest BCUT2D eigenvalue weighted by Gasteiger charge is 2.16. The van der Waals surface area contributed by atoms with Crippen LogP contribution in [0.5, 0.6) is 5.75 Å². The monoisotopic (exact) mass is 534 g/mol. The van der Waals surface area contributed by atoms with Gasteiger partial charge in [0.15, 0.2) is 11.0 Å². The number of nitrogens with zero attached hydrogens (tertiary/aromatic N) is 3. The summed E-state index contributed by atoms with van der Waals surface area (Å²) in [5.41, 5.74) is 1.40. The number of nitrogens with one attached hydrogen (secondary N) is 1. The van der Waals surface area contributed by atoms with E-state index in [1.807, 2.05) is 42.7 Å². The van der Waals surface area contributed by atoms with Gasteiger partial charge < -0.3 is 14.6 Å². The molecular weight excluding hydrogens is 515 g/mol. The third-order valence-corrected chi connectivity index (χ3v) is 7.00. The molecule has 0 saturated heterocycles. The van der Waals surface area contributed by atoms with Crippen LogP contribution in [-0.4, -0.2) is 26.4 Å². The van der Waals surface area contributed by atoms with Crippen molar-refractivity contribution in [3.63, 3.8) is 0 Å². The standard InChI is InChI=1S/C24H21Cl3N4O2S/c1-3-31-21(12-33-20-9-8-15-6-4-5-7-17(15)14(20)2)29-30-24(31)34-13-22(32)28-23-18(26)10-16(25)11-19(23)27/h4-11H,3,12-13H2,1-2H3,(H,28,32). The molecule has 0 saturated carbocycles. The van der Waals surface area contributed by atoms with Crippen molar-refractivity contribution < 1.29 is 9.53 Å². The molecule has 1 aromatic heterocycles. The summed E-state index contributed by atoms with van der Waals surface area (Å²) in [4.78, 5) is 12.5. The molecule has 0 spiro atoms. The van der Waals surface area contributed by atoms with Gasteiger partial charge in [-0.3, -0.25) is 4.79 Å². The van der Waals surface area contributed by atoms with Crippen LogP contribution in [0.4, 0.5) is 5.69 Å². The topological polar surface area (TPSA) is 69.0 Å². The highest BCUT2D eigenvalue weighted by atomic mass is 35.5. The van der Waals surface area contributed by atoms with E-state index in [1.54, 1.807) is 0 Å². The van der Waals surface area contributed by atoms with Crippen molar-refractivity contribution in [3.8, 4) is 5.75 Å². The van der Waals surface area contributed by atoms with Crippen LogP contribution in [0.15, 0.2) is 53.7 Å². The fourth-order valence-electron chi connectivity index (χ4n) is 3.52. The molecule has 1 heterocycles. The Morgan fingerprint density at radius 3 is 2.56 bits per heavy atom. The molecule has 0 fully saturated rings. The van der Waals surface area contributed by atoms with Crippen molar-refractivity contribution in [1.29, 1.82) is 0 Å². The predicted octanol–water partition coefficient (Wildman–Crippen LogP) is 7.03. The number of carbonyl (C=O) groups excluding carboxylic acids is 1. The quantitative estimate of drug-likeness (QED) is 0.245. The van der Waals surface area contributed by atoms with Gasteiger partial charge in [-0.25, -0.2) is 0 Å². The number of amides is 1. The Bertz CT molecular complexity index is 1340. The lowest BCUT2D eigenvalue weighted by Gasteiger charge is -2.12.